The van der Waals surface area contributed by atoms with Gasteiger partial charge in [-0.15, -0.1) is 0 Å². The second kappa shape index (κ2) is 17.9. The summed E-state index contributed by atoms with van der Waals surface area (Å²) < 4.78 is 5.64. The minimum Gasteiger partial charge on any atom is -0.422 e. The van der Waals surface area contributed by atoms with Crippen LogP contribution in [-0.4, -0.2) is 5.97 Å². The van der Waals surface area contributed by atoms with Gasteiger partial charge in [-0.1, -0.05) is 109 Å². The van der Waals surface area contributed by atoms with Crippen LogP contribution in [0.2, 0.25) is 0 Å². The summed E-state index contributed by atoms with van der Waals surface area (Å²) in [6.45, 7) is 4.48. The maximum Gasteiger partial charge on any atom is 0.343 e. The number of ether oxygens (including phenoxy) is 1. The molecule has 0 unspecified atom stereocenters. The maximum absolute atomic E-state index is 12.8. The fourth-order valence-electron chi connectivity index (χ4n) is 6.07. The summed E-state index contributed by atoms with van der Waals surface area (Å²) in [5, 5.41) is 9.60. The summed E-state index contributed by atoms with van der Waals surface area (Å²) in [4.78, 5) is 12.8. The summed E-state index contributed by atoms with van der Waals surface area (Å²) >= 11 is 0. The lowest BCUT2D eigenvalue weighted by Gasteiger charge is -2.29. The van der Waals surface area contributed by atoms with Crippen LogP contribution in [-0.2, 0) is 6.42 Å². The van der Waals surface area contributed by atoms with Gasteiger partial charge in [-0.2, -0.15) is 5.26 Å². The van der Waals surface area contributed by atoms with Crippen molar-refractivity contribution in [2.24, 2.45) is 5.92 Å². The van der Waals surface area contributed by atoms with Crippen molar-refractivity contribution in [1.82, 2.24) is 0 Å². The molecule has 3 heteroatoms. The fourth-order valence-corrected chi connectivity index (χ4v) is 6.07. The van der Waals surface area contributed by atoms with Gasteiger partial charge in [0.1, 0.15) is 11.8 Å². The smallest absolute Gasteiger partial charge is 0.343 e. The van der Waals surface area contributed by atoms with Crippen molar-refractivity contribution in [3.63, 3.8) is 0 Å². The number of carbonyl (C=O) groups is 1. The average Bonchev–Trinajstić information content (AvgIpc) is 2.97. The molecule has 0 N–H and O–H groups in total. The molecule has 2 aromatic rings. The number of nitriles is 1. The minimum atomic E-state index is -0.400. The Balaban J connectivity index is 1.41. The Morgan fingerprint density at radius 3 is 2.05 bits per heavy atom. The van der Waals surface area contributed by atoms with E-state index in [2.05, 4.69) is 32.0 Å². The van der Waals surface area contributed by atoms with Gasteiger partial charge in [-0.05, 0) is 85.8 Å². The van der Waals surface area contributed by atoms with E-state index in [0.29, 0.717) is 22.8 Å². The second-order valence-electron chi connectivity index (χ2n) is 11.7. The van der Waals surface area contributed by atoms with Crippen molar-refractivity contribution in [3.05, 3.63) is 64.7 Å². The Morgan fingerprint density at radius 1 is 0.795 bits per heavy atom. The van der Waals surface area contributed by atoms with Gasteiger partial charge < -0.3 is 4.74 Å². The largest absolute Gasteiger partial charge is 0.422 e. The van der Waals surface area contributed by atoms with Crippen molar-refractivity contribution >= 4 is 5.97 Å². The van der Waals surface area contributed by atoms with E-state index >= 15 is 0 Å². The Hall–Kier alpha value is -2.60. The lowest BCUT2D eigenvalue weighted by atomic mass is 9.77. The van der Waals surface area contributed by atoms with Crippen LogP contribution < -0.4 is 4.74 Å². The third-order valence-electron chi connectivity index (χ3n) is 8.62. The molecule has 0 saturated heterocycles. The van der Waals surface area contributed by atoms with Gasteiger partial charge in [0.05, 0.1) is 11.1 Å². The van der Waals surface area contributed by atoms with Gasteiger partial charge in [0.2, 0.25) is 0 Å². The normalized spacial score (nSPS) is 17.1. The van der Waals surface area contributed by atoms with E-state index in [0.717, 1.165) is 24.3 Å². The third-order valence-corrected chi connectivity index (χ3v) is 8.62. The molecule has 0 heterocycles. The van der Waals surface area contributed by atoms with Crippen LogP contribution in [0.15, 0.2) is 42.5 Å². The van der Waals surface area contributed by atoms with Crippen LogP contribution in [0.1, 0.15) is 156 Å². The highest BCUT2D eigenvalue weighted by atomic mass is 16.5. The van der Waals surface area contributed by atoms with E-state index in [9.17, 15) is 10.1 Å². The van der Waals surface area contributed by atoms with Crippen molar-refractivity contribution in [1.29, 1.82) is 5.26 Å². The molecule has 3 rings (SSSR count). The highest BCUT2D eigenvalue weighted by Gasteiger charge is 2.22. The molecule has 1 aliphatic rings. The topological polar surface area (TPSA) is 50.1 Å². The summed E-state index contributed by atoms with van der Waals surface area (Å²) in [5.41, 5.74) is 3.42. The molecule has 0 atom stereocenters. The number of unbranched alkanes of at least 4 members (excludes halogenated alkanes) is 10. The molecule has 212 valence electrons. The molecule has 1 fully saturated rings. The van der Waals surface area contributed by atoms with Crippen LogP contribution in [0.4, 0.5) is 0 Å². The van der Waals surface area contributed by atoms with Gasteiger partial charge in [0, 0.05) is 0 Å². The van der Waals surface area contributed by atoms with E-state index in [1.807, 2.05) is 24.3 Å². The van der Waals surface area contributed by atoms with Gasteiger partial charge in [-0.25, -0.2) is 4.79 Å². The van der Waals surface area contributed by atoms with Crippen LogP contribution in [0.5, 0.6) is 5.75 Å². The zero-order valence-corrected chi connectivity index (χ0v) is 24.7. The third kappa shape index (κ3) is 10.8. The Kier molecular flexibility index (Phi) is 14.2. The quantitative estimate of drug-likeness (QED) is 0.116. The molecular weight excluding hydrogens is 478 g/mol. The van der Waals surface area contributed by atoms with Crippen LogP contribution in [0.25, 0.3) is 0 Å². The highest BCUT2D eigenvalue weighted by Crippen LogP contribution is 2.38. The number of nitrogens with zero attached hydrogens (tertiary/aromatic N) is 1. The summed E-state index contributed by atoms with van der Waals surface area (Å²) in [5.74, 6) is 1.44. The molecule has 0 aliphatic heterocycles. The predicted octanol–water partition coefficient (Wildman–Crippen LogP) is 10.7. The predicted molar refractivity (Wildman–Crippen MR) is 162 cm³/mol. The van der Waals surface area contributed by atoms with Crippen LogP contribution in [0, 0.1) is 17.2 Å². The number of hydrogen-bond donors (Lipinski definition) is 0. The number of hydrogen-bond acceptors (Lipinski definition) is 3. The zero-order valence-electron chi connectivity index (χ0n) is 24.7. The molecule has 0 amide bonds. The van der Waals surface area contributed by atoms with E-state index in [1.54, 1.807) is 6.07 Å². The van der Waals surface area contributed by atoms with E-state index in [-0.39, 0.29) is 0 Å². The van der Waals surface area contributed by atoms with Crippen LogP contribution in [0.3, 0.4) is 0 Å². The Morgan fingerprint density at radius 2 is 1.41 bits per heavy atom. The SMILES string of the molecule is CCCCCCCCCCC1CCC(c2ccc(C(=O)Oc3ccc(CCCCCC)cc3C#N)cc2)CC1. The van der Waals surface area contributed by atoms with Crippen molar-refractivity contribution < 1.29 is 9.53 Å². The molecule has 1 aliphatic carbocycles. The highest BCUT2D eigenvalue weighted by molar-refractivity contribution is 5.91. The Labute approximate surface area is 238 Å². The van der Waals surface area contributed by atoms with E-state index in [4.69, 9.17) is 4.74 Å². The fraction of sp³-hybridized carbons (Fsp3) is 0.611. The Bertz CT molecular complexity index is 1010. The second-order valence-corrected chi connectivity index (χ2v) is 11.7. The molecule has 0 spiro atoms. The zero-order chi connectivity index (χ0) is 27.7. The molecule has 0 aromatic heterocycles. The summed E-state index contributed by atoms with van der Waals surface area (Å²) in [6.07, 6.45) is 23.5. The number of rotatable bonds is 17. The molecule has 0 bridgehead atoms. The maximum atomic E-state index is 12.8. The molecule has 1 saturated carbocycles. The average molecular weight is 530 g/mol. The minimum absolute atomic E-state index is 0.346. The molecule has 0 radical (unpaired) electrons. The molecule has 2 aromatic carbocycles. The van der Waals surface area contributed by atoms with Crippen LogP contribution >= 0.6 is 0 Å². The number of esters is 1. The monoisotopic (exact) mass is 529 g/mol. The van der Waals surface area contributed by atoms with E-state index < -0.39 is 5.97 Å². The molecule has 3 nitrogen and oxygen atoms in total. The van der Waals surface area contributed by atoms with Gasteiger partial charge >= 0.3 is 5.97 Å². The van der Waals surface area contributed by atoms with Gasteiger partial charge in [0.15, 0.2) is 0 Å². The first-order chi connectivity index (χ1) is 19.1. The van der Waals surface area contributed by atoms with Crippen molar-refractivity contribution in [2.45, 2.75) is 135 Å². The van der Waals surface area contributed by atoms with Gasteiger partial charge in [-0.3, -0.25) is 0 Å². The van der Waals surface area contributed by atoms with Gasteiger partial charge in [0.25, 0.3) is 0 Å². The van der Waals surface area contributed by atoms with E-state index in [1.165, 1.54) is 108 Å². The summed E-state index contributed by atoms with van der Waals surface area (Å²) in [6, 6.07) is 15.8. The molecule has 39 heavy (non-hydrogen) atoms. The van der Waals surface area contributed by atoms with Crippen molar-refractivity contribution in [3.8, 4) is 11.8 Å². The lowest BCUT2D eigenvalue weighted by molar-refractivity contribution is 0.0734. The standard InChI is InChI=1S/C36H51NO2/c1-3-5-7-9-10-11-12-14-15-29-17-20-31(21-18-29)32-22-24-33(25-23-32)36(38)39-35-26-19-30(27-34(35)28-37)16-13-8-6-4-2/h19,22-27,29,31H,3-18,20-21H2,1-2H3. The van der Waals surface area contributed by atoms with Crippen molar-refractivity contribution in [2.75, 3.05) is 0 Å². The number of benzene rings is 2. The first-order valence-electron chi connectivity index (χ1n) is 16.0. The summed E-state index contributed by atoms with van der Waals surface area (Å²) in [7, 11) is 0. The molecular formula is C36H51NO2. The number of carbonyl (C=O) groups excluding carboxylic acids is 1. The lowest BCUT2D eigenvalue weighted by Crippen LogP contribution is -2.14. The first-order valence-corrected chi connectivity index (χ1v) is 16.0. The first kappa shape index (κ1) is 30.9. The number of aryl methyl sites for hydroxylation is 1.